The molecule has 1 aromatic rings. The molecule has 0 unspecified atom stereocenters. The van der Waals surface area contributed by atoms with Crippen LogP contribution in [0.1, 0.15) is 35.1 Å². The molecule has 0 aliphatic heterocycles. The number of nitrogens with two attached hydrogens (primary N) is 1. The first-order valence-corrected chi connectivity index (χ1v) is 5.93. The lowest BCUT2D eigenvalue weighted by atomic mass is 10.1. The van der Waals surface area contributed by atoms with Crippen molar-refractivity contribution in [2.45, 2.75) is 26.7 Å². The molecule has 0 atom stereocenters. The standard InChI is InChI=1S/C11H19N5O3/c1-5-6-8-9(10(17)14(3)4)7(2)15(16(8)19)13-11(12)18/h5-6H2,1-4H3,(H3,12,13,18). The number of primary amides is 1. The molecular formula is C11H19N5O3. The van der Waals surface area contributed by atoms with Crippen LogP contribution in [-0.4, -0.2) is 35.7 Å². The molecule has 3 amide bonds. The fourth-order valence-corrected chi connectivity index (χ4v) is 1.86. The summed E-state index contributed by atoms with van der Waals surface area (Å²) in [5, 5.41) is 12.1. The number of aromatic nitrogens is 2. The third kappa shape index (κ3) is 2.78. The summed E-state index contributed by atoms with van der Waals surface area (Å²) in [6.45, 7) is 3.48. The van der Waals surface area contributed by atoms with Gasteiger partial charge in [0, 0.05) is 20.5 Å². The van der Waals surface area contributed by atoms with Gasteiger partial charge in [-0.1, -0.05) is 11.7 Å². The predicted molar refractivity (Wildman–Crippen MR) is 69.1 cm³/mol. The summed E-state index contributed by atoms with van der Waals surface area (Å²) in [7, 11) is 3.21. The molecule has 1 aromatic heterocycles. The highest BCUT2D eigenvalue weighted by molar-refractivity contribution is 5.96. The van der Waals surface area contributed by atoms with E-state index in [0.29, 0.717) is 34.6 Å². The summed E-state index contributed by atoms with van der Waals surface area (Å²) >= 11 is 0. The zero-order valence-corrected chi connectivity index (χ0v) is 11.6. The summed E-state index contributed by atoms with van der Waals surface area (Å²) in [6, 6.07) is -0.866. The average Bonchev–Trinajstić information content (AvgIpc) is 2.53. The van der Waals surface area contributed by atoms with E-state index in [0.717, 1.165) is 4.79 Å². The van der Waals surface area contributed by atoms with Gasteiger partial charge in [0.05, 0.1) is 0 Å². The lowest BCUT2D eigenvalue weighted by molar-refractivity contribution is -0.695. The van der Waals surface area contributed by atoms with E-state index in [-0.39, 0.29) is 5.91 Å². The van der Waals surface area contributed by atoms with Crippen molar-refractivity contribution in [3.8, 4) is 0 Å². The van der Waals surface area contributed by atoms with Crippen LogP contribution in [0.4, 0.5) is 4.79 Å². The number of amides is 3. The summed E-state index contributed by atoms with van der Waals surface area (Å²) in [6.07, 6.45) is 1.14. The molecule has 0 bridgehead atoms. The van der Waals surface area contributed by atoms with Gasteiger partial charge < -0.3 is 15.8 Å². The van der Waals surface area contributed by atoms with Crippen molar-refractivity contribution >= 4 is 11.9 Å². The summed E-state index contributed by atoms with van der Waals surface area (Å²) in [5.74, 6) is -0.282. The van der Waals surface area contributed by atoms with Crippen molar-refractivity contribution in [3.05, 3.63) is 22.2 Å². The Labute approximate surface area is 111 Å². The Hall–Kier alpha value is -2.25. The van der Waals surface area contributed by atoms with Gasteiger partial charge in [-0.05, 0) is 13.3 Å². The third-order valence-corrected chi connectivity index (χ3v) is 2.70. The Morgan fingerprint density at radius 2 is 2.05 bits per heavy atom. The van der Waals surface area contributed by atoms with Gasteiger partial charge in [0.25, 0.3) is 5.91 Å². The smallest absolute Gasteiger partial charge is 0.422 e. The van der Waals surface area contributed by atoms with Crippen LogP contribution >= 0.6 is 0 Å². The molecule has 8 heteroatoms. The zero-order valence-electron chi connectivity index (χ0n) is 11.6. The highest BCUT2D eigenvalue weighted by atomic mass is 16.5. The Kier molecular flexibility index (Phi) is 4.36. The number of hydrogen-bond acceptors (Lipinski definition) is 3. The van der Waals surface area contributed by atoms with E-state index in [1.807, 2.05) is 6.92 Å². The molecule has 0 saturated carbocycles. The second-order valence-corrected chi connectivity index (χ2v) is 4.42. The second-order valence-electron chi connectivity index (χ2n) is 4.42. The van der Waals surface area contributed by atoms with Crippen molar-refractivity contribution in [2.75, 3.05) is 19.5 Å². The molecule has 1 rings (SSSR count). The molecule has 3 N–H and O–H groups in total. The van der Waals surface area contributed by atoms with Gasteiger partial charge in [-0.3, -0.25) is 4.79 Å². The molecular weight excluding hydrogens is 250 g/mol. The first-order chi connectivity index (χ1) is 8.81. The van der Waals surface area contributed by atoms with Crippen LogP contribution < -0.4 is 16.0 Å². The largest absolute Gasteiger partial charge is 0.692 e. The molecule has 0 aliphatic rings. The van der Waals surface area contributed by atoms with Gasteiger partial charge in [0.1, 0.15) is 17.0 Å². The van der Waals surface area contributed by atoms with Crippen molar-refractivity contribution < 1.29 is 14.4 Å². The maximum Gasteiger partial charge on any atom is 0.422 e. The number of nitrogens with zero attached hydrogens (tertiary/aromatic N) is 3. The molecule has 0 fully saturated rings. The van der Waals surface area contributed by atoms with Crippen LogP contribution in [0, 0.1) is 12.1 Å². The van der Waals surface area contributed by atoms with Gasteiger partial charge in [-0.15, -0.1) is 5.43 Å². The monoisotopic (exact) mass is 269 g/mol. The van der Waals surface area contributed by atoms with Crippen LogP contribution in [-0.2, 0) is 6.42 Å². The first kappa shape index (κ1) is 14.8. The summed E-state index contributed by atoms with van der Waals surface area (Å²) < 4.78 is 0. The fourth-order valence-electron chi connectivity index (χ4n) is 1.86. The van der Waals surface area contributed by atoms with Crippen molar-refractivity contribution in [1.82, 2.24) is 9.69 Å². The lowest BCUT2D eigenvalue weighted by Crippen LogP contribution is -2.48. The van der Waals surface area contributed by atoms with Crippen LogP contribution in [0.3, 0.4) is 0 Å². The van der Waals surface area contributed by atoms with Crippen LogP contribution in [0.5, 0.6) is 0 Å². The van der Waals surface area contributed by atoms with Crippen molar-refractivity contribution in [1.29, 1.82) is 0 Å². The summed E-state index contributed by atoms with van der Waals surface area (Å²) in [4.78, 5) is 25.9. The van der Waals surface area contributed by atoms with Gasteiger partial charge in [0.15, 0.2) is 0 Å². The Balaban J connectivity index is 3.42. The Bertz CT molecular complexity index is 507. The number of hydrogen-bond donors (Lipinski definition) is 2. The topological polar surface area (TPSA) is 107 Å². The molecule has 1 heterocycles. The fraction of sp³-hybridized carbons (Fsp3) is 0.545. The van der Waals surface area contributed by atoms with Gasteiger partial charge in [-0.25, -0.2) is 4.79 Å². The molecule has 0 saturated heterocycles. The van der Waals surface area contributed by atoms with Crippen LogP contribution in [0.2, 0.25) is 0 Å². The van der Waals surface area contributed by atoms with E-state index in [1.165, 1.54) is 4.90 Å². The highest BCUT2D eigenvalue weighted by Gasteiger charge is 2.28. The Morgan fingerprint density at radius 1 is 1.47 bits per heavy atom. The number of carbonyl (C=O) groups is 2. The van der Waals surface area contributed by atoms with Crippen molar-refractivity contribution in [3.63, 3.8) is 0 Å². The number of rotatable bonds is 4. The quantitative estimate of drug-likeness (QED) is 0.579. The van der Waals surface area contributed by atoms with E-state index >= 15 is 0 Å². The first-order valence-electron chi connectivity index (χ1n) is 5.93. The molecule has 0 aliphatic carbocycles. The number of nitrogens with one attached hydrogen (secondary N) is 1. The van der Waals surface area contributed by atoms with Crippen molar-refractivity contribution in [2.24, 2.45) is 5.73 Å². The lowest BCUT2D eigenvalue weighted by Gasteiger charge is -2.10. The third-order valence-electron chi connectivity index (χ3n) is 2.70. The van der Waals surface area contributed by atoms with Gasteiger partial charge in [0.2, 0.25) is 0 Å². The average molecular weight is 269 g/mol. The number of carbonyl (C=O) groups excluding carboxylic acids is 2. The normalized spacial score (nSPS) is 10.3. The SMILES string of the molecule is CCCc1c(C(=O)N(C)C)c(C)n(NC(N)=O)[n+]1[O-]. The maximum atomic E-state index is 12.1. The highest BCUT2D eigenvalue weighted by Crippen LogP contribution is 2.15. The molecule has 8 nitrogen and oxygen atoms in total. The molecule has 106 valence electrons. The van der Waals surface area contributed by atoms with E-state index in [4.69, 9.17) is 5.73 Å². The molecule has 0 aromatic carbocycles. The van der Waals surface area contributed by atoms with E-state index in [9.17, 15) is 14.8 Å². The van der Waals surface area contributed by atoms with E-state index < -0.39 is 6.03 Å². The zero-order chi connectivity index (χ0) is 14.7. The predicted octanol–water partition coefficient (Wildman–Crippen LogP) is -0.294. The van der Waals surface area contributed by atoms with Gasteiger partial charge in [-0.2, -0.15) is 4.85 Å². The summed E-state index contributed by atoms with van der Waals surface area (Å²) in [5.41, 5.74) is 8.19. The van der Waals surface area contributed by atoms with E-state index in [1.54, 1.807) is 21.0 Å². The van der Waals surface area contributed by atoms with Crippen LogP contribution in [0.25, 0.3) is 0 Å². The minimum Gasteiger partial charge on any atom is -0.692 e. The molecule has 0 radical (unpaired) electrons. The van der Waals surface area contributed by atoms with Crippen LogP contribution in [0.15, 0.2) is 0 Å². The van der Waals surface area contributed by atoms with Gasteiger partial charge >= 0.3 is 6.03 Å². The molecule has 19 heavy (non-hydrogen) atoms. The molecule has 0 spiro atoms. The number of urea groups is 1. The maximum absolute atomic E-state index is 12.1. The van der Waals surface area contributed by atoms with E-state index in [2.05, 4.69) is 5.43 Å². The Morgan fingerprint density at radius 3 is 2.47 bits per heavy atom. The minimum absolute atomic E-state index is 0.282. The minimum atomic E-state index is -0.866. The second kappa shape index (κ2) is 5.59.